The molecule has 0 aliphatic carbocycles. The molecule has 4 aromatic carbocycles. The van der Waals surface area contributed by atoms with Crippen molar-refractivity contribution in [1.82, 2.24) is 4.72 Å². The van der Waals surface area contributed by atoms with Gasteiger partial charge in [0.15, 0.2) is 5.75 Å². The van der Waals surface area contributed by atoms with Crippen molar-refractivity contribution in [3.8, 4) is 17.2 Å². The van der Waals surface area contributed by atoms with Crippen molar-refractivity contribution >= 4 is 47.9 Å². The zero-order valence-corrected chi connectivity index (χ0v) is 28.4. The van der Waals surface area contributed by atoms with Crippen LogP contribution in [0.4, 0.5) is 0 Å². The maximum absolute atomic E-state index is 13.8. The quantitative estimate of drug-likeness (QED) is 0.161. The number of halogens is 2. The first-order valence-electron chi connectivity index (χ1n) is 13.5. The van der Waals surface area contributed by atoms with Crippen LogP contribution in [-0.4, -0.2) is 26.6 Å². The summed E-state index contributed by atoms with van der Waals surface area (Å²) in [7, 11) is -2.39. The minimum Gasteiger partial charge on any atom is -0.496 e. The number of ether oxygens (including phenoxy) is 2. The Morgan fingerprint density at radius 1 is 0.884 bits per heavy atom. The molecule has 10 heteroatoms. The van der Waals surface area contributed by atoms with E-state index in [4.69, 9.17) is 9.47 Å². The molecule has 0 bridgehead atoms. The largest absolute Gasteiger partial charge is 0.496 e. The third-order valence-electron chi connectivity index (χ3n) is 6.90. The highest BCUT2D eigenvalue weighted by atomic mass is 79.9. The molecule has 0 spiro atoms. The highest BCUT2D eigenvalue weighted by Gasteiger charge is 2.28. The SMILES string of the molecule is COc1cc(C(NS(=O)(=O)c2ccc(C)cc2)c2cccc(C)c2)c(Oc2c(Br)cc(CC(=O)O)cc2Br)cc1C(C)C. The topological polar surface area (TPSA) is 102 Å². The number of carboxylic acids is 1. The number of carbonyl (C=O) groups is 1. The van der Waals surface area contributed by atoms with Gasteiger partial charge in [-0.15, -0.1) is 0 Å². The Labute approximate surface area is 269 Å². The number of sulfonamides is 1. The zero-order valence-electron chi connectivity index (χ0n) is 24.4. The van der Waals surface area contributed by atoms with Gasteiger partial charge in [0.25, 0.3) is 0 Å². The van der Waals surface area contributed by atoms with Crippen LogP contribution in [-0.2, 0) is 21.2 Å². The summed E-state index contributed by atoms with van der Waals surface area (Å²) < 4.78 is 43.9. The Bertz CT molecular complexity index is 1730. The Morgan fingerprint density at radius 2 is 1.51 bits per heavy atom. The average Bonchev–Trinajstić information content (AvgIpc) is 2.93. The number of benzene rings is 4. The predicted molar refractivity (Wildman–Crippen MR) is 175 cm³/mol. The van der Waals surface area contributed by atoms with E-state index in [1.54, 1.807) is 43.5 Å². The molecule has 2 N–H and O–H groups in total. The molecule has 0 saturated carbocycles. The van der Waals surface area contributed by atoms with Crippen molar-refractivity contribution in [2.24, 2.45) is 0 Å². The lowest BCUT2D eigenvalue weighted by molar-refractivity contribution is -0.136. The van der Waals surface area contributed by atoms with Gasteiger partial charge in [0, 0.05) is 11.1 Å². The fourth-order valence-electron chi connectivity index (χ4n) is 4.73. The summed E-state index contributed by atoms with van der Waals surface area (Å²) >= 11 is 7.08. The van der Waals surface area contributed by atoms with Crippen LogP contribution < -0.4 is 14.2 Å². The van der Waals surface area contributed by atoms with Crippen molar-refractivity contribution in [3.63, 3.8) is 0 Å². The van der Waals surface area contributed by atoms with Gasteiger partial charge in [0.05, 0.1) is 33.4 Å². The van der Waals surface area contributed by atoms with Gasteiger partial charge in [-0.05, 0) is 99.2 Å². The van der Waals surface area contributed by atoms with Crippen LogP contribution in [0.2, 0.25) is 0 Å². The minimum atomic E-state index is -3.98. The highest BCUT2D eigenvalue weighted by molar-refractivity contribution is 9.11. The molecule has 7 nitrogen and oxygen atoms in total. The zero-order chi connectivity index (χ0) is 31.5. The molecule has 4 rings (SSSR count). The van der Waals surface area contributed by atoms with Crippen LogP contribution in [0.5, 0.6) is 17.2 Å². The van der Waals surface area contributed by atoms with E-state index in [1.165, 1.54) is 0 Å². The monoisotopic (exact) mass is 729 g/mol. The van der Waals surface area contributed by atoms with E-state index in [9.17, 15) is 18.3 Å². The molecule has 43 heavy (non-hydrogen) atoms. The van der Waals surface area contributed by atoms with Gasteiger partial charge in [-0.1, -0.05) is 61.4 Å². The summed E-state index contributed by atoms with van der Waals surface area (Å²) in [6, 6.07) is 20.5. The molecular formula is C33H33Br2NO6S. The van der Waals surface area contributed by atoms with E-state index in [0.717, 1.165) is 22.3 Å². The molecule has 0 aliphatic heterocycles. The lowest BCUT2D eigenvalue weighted by atomic mass is 9.93. The molecule has 1 unspecified atom stereocenters. The summed E-state index contributed by atoms with van der Waals surface area (Å²) in [6.45, 7) is 7.91. The Kier molecular flexibility index (Phi) is 10.4. The maximum atomic E-state index is 13.8. The Balaban J connectivity index is 1.94. The third kappa shape index (κ3) is 7.86. The van der Waals surface area contributed by atoms with Crippen molar-refractivity contribution < 1.29 is 27.8 Å². The molecule has 0 heterocycles. The molecule has 226 valence electrons. The third-order valence-corrected chi connectivity index (χ3v) is 9.52. The van der Waals surface area contributed by atoms with E-state index >= 15 is 0 Å². The normalized spacial score (nSPS) is 12.3. The fourth-order valence-corrected chi connectivity index (χ4v) is 7.38. The van der Waals surface area contributed by atoms with Gasteiger partial charge >= 0.3 is 5.97 Å². The van der Waals surface area contributed by atoms with Crippen molar-refractivity contribution in [3.05, 3.63) is 115 Å². The van der Waals surface area contributed by atoms with Crippen LogP contribution in [0.25, 0.3) is 0 Å². The molecule has 0 radical (unpaired) electrons. The molecule has 4 aromatic rings. The van der Waals surface area contributed by atoms with Crippen molar-refractivity contribution in [2.75, 3.05) is 7.11 Å². The molecule has 0 amide bonds. The predicted octanol–water partition coefficient (Wildman–Crippen LogP) is 8.45. The van der Waals surface area contributed by atoms with Crippen molar-refractivity contribution in [2.45, 2.75) is 51.0 Å². The minimum absolute atomic E-state index is 0.0674. The van der Waals surface area contributed by atoms with Crippen LogP contribution in [0.15, 0.2) is 86.6 Å². The number of hydrogen-bond donors (Lipinski definition) is 2. The number of aliphatic carboxylic acids is 1. The molecule has 0 saturated heterocycles. The number of aryl methyl sites for hydroxylation is 2. The highest BCUT2D eigenvalue weighted by Crippen LogP contribution is 2.44. The first-order valence-corrected chi connectivity index (χ1v) is 16.6. The molecular weight excluding hydrogens is 698 g/mol. The molecule has 1 atom stereocenters. The molecule has 0 fully saturated rings. The standard InChI is InChI=1S/C33H33Br2NO6S/c1-19(2)25-17-30(42-33-27(34)14-22(15-28(33)35)16-31(37)38)26(18-29(25)41-5)32(23-8-6-7-21(4)13-23)36-43(39,40)24-11-9-20(3)10-12-24/h6-15,17-19,32,36H,16H2,1-5H3,(H,37,38). The fraction of sp³-hybridized carbons (Fsp3) is 0.242. The first-order chi connectivity index (χ1) is 20.3. The van der Waals surface area contributed by atoms with Gasteiger partial charge in [-0.25, -0.2) is 8.42 Å². The van der Waals surface area contributed by atoms with Crippen molar-refractivity contribution in [1.29, 1.82) is 0 Å². The number of carboxylic acid groups (broad SMARTS) is 1. The van der Waals surface area contributed by atoms with Gasteiger partial charge in [-0.2, -0.15) is 4.72 Å². The number of rotatable bonds is 11. The summed E-state index contributed by atoms with van der Waals surface area (Å²) in [5.41, 5.74) is 4.63. The first kappa shape index (κ1) is 32.7. The lowest BCUT2D eigenvalue weighted by Crippen LogP contribution is -2.30. The van der Waals surface area contributed by atoms with E-state index in [1.807, 2.05) is 64.1 Å². The second kappa shape index (κ2) is 13.6. The van der Waals surface area contributed by atoms with Gasteiger partial charge in [-0.3, -0.25) is 4.79 Å². The van der Waals surface area contributed by atoms with E-state index in [0.29, 0.717) is 37.3 Å². The Morgan fingerprint density at radius 3 is 2.07 bits per heavy atom. The number of nitrogens with one attached hydrogen (secondary N) is 1. The lowest BCUT2D eigenvalue weighted by Gasteiger charge is -2.26. The van der Waals surface area contributed by atoms with Crippen LogP contribution in [0.3, 0.4) is 0 Å². The summed E-state index contributed by atoms with van der Waals surface area (Å²) in [4.78, 5) is 11.5. The second-order valence-corrected chi connectivity index (χ2v) is 14.1. The van der Waals surface area contributed by atoms with Crippen LogP contribution in [0.1, 0.15) is 59.2 Å². The smallest absolute Gasteiger partial charge is 0.307 e. The Hall–Kier alpha value is -3.18. The summed E-state index contributed by atoms with van der Waals surface area (Å²) in [5, 5.41) is 9.27. The van der Waals surface area contributed by atoms with Gasteiger partial charge in [0.1, 0.15) is 11.5 Å². The van der Waals surface area contributed by atoms with Crippen LogP contribution >= 0.6 is 31.9 Å². The van der Waals surface area contributed by atoms with Crippen LogP contribution in [0, 0.1) is 13.8 Å². The average molecular weight is 732 g/mol. The summed E-state index contributed by atoms with van der Waals surface area (Å²) in [6.07, 6.45) is -0.154. The second-order valence-electron chi connectivity index (χ2n) is 10.6. The van der Waals surface area contributed by atoms with Gasteiger partial charge < -0.3 is 14.6 Å². The molecule has 0 aromatic heterocycles. The maximum Gasteiger partial charge on any atom is 0.307 e. The van der Waals surface area contributed by atoms with E-state index < -0.39 is 22.0 Å². The molecule has 0 aliphatic rings. The number of hydrogen-bond acceptors (Lipinski definition) is 5. The number of methoxy groups -OCH3 is 1. The van der Waals surface area contributed by atoms with E-state index in [-0.39, 0.29) is 17.2 Å². The van der Waals surface area contributed by atoms with Gasteiger partial charge in [0.2, 0.25) is 10.0 Å². The van der Waals surface area contributed by atoms with E-state index in [2.05, 4.69) is 36.6 Å². The summed E-state index contributed by atoms with van der Waals surface area (Å²) in [5.74, 6) is 0.542.